The van der Waals surface area contributed by atoms with Crippen molar-refractivity contribution in [2.45, 2.75) is 63.7 Å². The van der Waals surface area contributed by atoms with Gasteiger partial charge in [-0.1, -0.05) is 37.5 Å². The number of aromatic nitrogens is 3. The molecule has 3 aromatic rings. The van der Waals surface area contributed by atoms with Gasteiger partial charge >= 0.3 is 0 Å². The van der Waals surface area contributed by atoms with E-state index in [9.17, 15) is 4.79 Å². The fourth-order valence-corrected chi connectivity index (χ4v) is 5.36. The molecule has 1 aromatic carbocycles. The third-order valence-electron chi connectivity index (χ3n) is 6.84. The summed E-state index contributed by atoms with van der Waals surface area (Å²) in [4.78, 5) is 14.8. The molecule has 1 saturated carbocycles. The van der Waals surface area contributed by atoms with Gasteiger partial charge in [-0.2, -0.15) is 0 Å². The van der Waals surface area contributed by atoms with E-state index in [4.69, 9.17) is 21.7 Å². The summed E-state index contributed by atoms with van der Waals surface area (Å²) in [5.74, 6) is 1.61. The second kappa shape index (κ2) is 10.1. The molecule has 1 saturated heterocycles. The van der Waals surface area contributed by atoms with Gasteiger partial charge in [0, 0.05) is 30.7 Å². The van der Waals surface area contributed by atoms with Gasteiger partial charge in [0.25, 0.3) is 5.91 Å². The third kappa shape index (κ3) is 4.96. The minimum atomic E-state index is 0.00517. The van der Waals surface area contributed by atoms with E-state index in [1.54, 1.807) is 6.26 Å². The molecule has 33 heavy (non-hydrogen) atoms. The summed E-state index contributed by atoms with van der Waals surface area (Å²) in [5.41, 5.74) is 0.713. The highest BCUT2D eigenvalue weighted by molar-refractivity contribution is 7.71. The Balaban J connectivity index is 1.25. The number of furan rings is 1. The molecule has 0 unspecified atom stereocenters. The van der Waals surface area contributed by atoms with Crippen LogP contribution in [0.2, 0.25) is 0 Å². The standard InChI is InChI=1S/C25H31N5O2S/c31-24(19-8-3-1-4-9-19)26-20-13-15-28(16-14-20)18-29-25(33)30(21-10-5-2-6-11-21)23(27-29)22-12-7-17-32-22/h1,3-4,7-9,12,17,20-21H,2,5-6,10-11,13-16,18H2,(H,26,31). The van der Waals surface area contributed by atoms with Crippen LogP contribution in [0.15, 0.2) is 53.1 Å². The highest BCUT2D eigenvalue weighted by atomic mass is 32.1. The van der Waals surface area contributed by atoms with E-state index in [0.717, 1.165) is 55.1 Å². The van der Waals surface area contributed by atoms with E-state index < -0.39 is 0 Å². The normalized spacial score (nSPS) is 18.4. The summed E-state index contributed by atoms with van der Waals surface area (Å²) in [6.07, 6.45) is 9.57. The minimum Gasteiger partial charge on any atom is -0.461 e. The summed E-state index contributed by atoms with van der Waals surface area (Å²) < 4.78 is 10.6. The minimum absolute atomic E-state index is 0.00517. The van der Waals surface area contributed by atoms with Gasteiger partial charge in [-0.15, -0.1) is 5.10 Å². The number of hydrogen-bond acceptors (Lipinski definition) is 5. The Labute approximate surface area is 199 Å². The number of amides is 1. The first-order valence-corrected chi connectivity index (χ1v) is 12.4. The number of piperidine rings is 1. The van der Waals surface area contributed by atoms with Gasteiger partial charge in [0.2, 0.25) is 0 Å². The maximum Gasteiger partial charge on any atom is 0.251 e. The molecule has 2 fully saturated rings. The first-order valence-electron chi connectivity index (χ1n) is 12.0. The fraction of sp³-hybridized carbons (Fsp3) is 0.480. The number of benzene rings is 1. The first-order chi connectivity index (χ1) is 16.2. The number of carbonyl (C=O) groups excluding carboxylic acids is 1. The van der Waals surface area contributed by atoms with Gasteiger partial charge in [0.15, 0.2) is 16.4 Å². The second-order valence-electron chi connectivity index (χ2n) is 9.12. The molecule has 2 aromatic heterocycles. The lowest BCUT2D eigenvalue weighted by atomic mass is 9.95. The summed E-state index contributed by atoms with van der Waals surface area (Å²) in [5, 5.41) is 8.08. The number of nitrogens with one attached hydrogen (secondary N) is 1. The van der Waals surface area contributed by atoms with Crippen LogP contribution in [0.1, 0.15) is 61.3 Å². The molecule has 1 N–H and O–H groups in total. The van der Waals surface area contributed by atoms with Crippen LogP contribution in [0.4, 0.5) is 0 Å². The van der Waals surface area contributed by atoms with Crippen molar-refractivity contribution < 1.29 is 9.21 Å². The average molecular weight is 466 g/mol. The van der Waals surface area contributed by atoms with Gasteiger partial charge in [-0.3, -0.25) is 14.3 Å². The van der Waals surface area contributed by atoms with Crippen molar-refractivity contribution in [1.82, 2.24) is 24.6 Å². The molecule has 8 heteroatoms. The molecule has 1 aliphatic carbocycles. The molecular weight excluding hydrogens is 434 g/mol. The fourth-order valence-electron chi connectivity index (χ4n) is 5.02. The molecule has 3 heterocycles. The lowest BCUT2D eigenvalue weighted by Crippen LogP contribution is -2.45. The van der Waals surface area contributed by atoms with Crippen molar-refractivity contribution in [3.05, 3.63) is 59.1 Å². The van der Waals surface area contributed by atoms with Crippen molar-refractivity contribution in [2.75, 3.05) is 13.1 Å². The Morgan fingerprint density at radius 2 is 1.79 bits per heavy atom. The Kier molecular flexibility index (Phi) is 6.73. The van der Waals surface area contributed by atoms with E-state index in [1.165, 1.54) is 19.3 Å². The SMILES string of the molecule is O=C(NC1CCN(Cn2nc(-c3ccco3)n(C3CCCCC3)c2=S)CC1)c1ccccc1. The molecule has 0 atom stereocenters. The van der Waals surface area contributed by atoms with Crippen molar-refractivity contribution in [3.63, 3.8) is 0 Å². The van der Waals surface area contributed by atoms with Gasteiger partial charge in [0.05, 0.1) is 12.9 Å². The maximum atomic E-state index is 12.5. The molecule has 0 bridgehead atoms. The molecular formula is C25H31N5O2S. The summed E-state index contributed by atoms with van der Waals surface area (Å²) in [6, 6.07) is 13.9. The van der Waals surface area contributed by atoms with Gasteiger partial charge in [0.1, 0.15) is 0 Å². The van der Waals surface area contributed by atoms with Crippen LogP contribution in [0.25, 0.3) is 11.6 Å². The van der Waals surface area contributed by atoms with Gasteiger partial charge in [-0.25, -0.2) is 4.68 Å². The van der Waals surface area contributed by atoms with Crippen molar-refractivity contribution >= 4 is 18.1 Å². The van der Waals surface area contributed by atoms with E-state index in [1.807, 2.05) is 47.1 Å². The average Bonchev–Trinajstić information content (AvgIpc) is 3.50. The van der Waals surface area contributed by atoms with Crippen molar-refractivity contribution in [2.24, 2.45) is 0 Å². The molecule has 174 valence electrons. The van der Waals surface area contributed by atoms with Crippen molar-refractivity contribution in [1.29, 1.82) is 0 Å². The third-order valence-corrected chi connectivity index (χ3v) is 7.25. The monoisotopic (exact) mass is 465 g/mol. The van der Waals surface area contributed by atoms with E-state index >= 15 is 0 Å². The van der Waals surface area contributed by atoms with E-state index in [0.29, 0.717) is 18.3 Å². The molecule has 5 rings (SSSR count). The van der Waals surface area contributed by atoms with E-state index in [-0.39, 0.29) is 11.9 Å². The number of carbonyl (C=O) groups is 1. The summed E-state index contributed by atoms with van der Waals surface area (Å²) in [7, 11) is 0. The number of nitrogens with zero attached hydrogens (tertiary/aromatic N) is 4. The molecule has 7 nitrogen and oxygen atoms in total. The van der Waals surface area contributed by atoms with Crippen LogP contribution in [0.3, 0.4) is 0 Å². The molecule has 2 aliphatic rings. The first kappa shape index (κ1) is 22.1. The van der Waals surface area contributed by atoms with Gasteiger partial charge in [-0.05, 0) is 62.2 Å². The topological polar surface area (TPSA) is 68.2 Å². The zero-order chi connectivity index (χ0) is 22.6. The maximum absolute atomic E-state index is 12.5. The van der Waals surface area contributed by atoms with Crippen LogP contribution < -0.4 is 5.32 Å². The Morgan fingerprint density at radius 1 is 1.03 bits per heavy atom. The molecule has 0 spiro atoms. The van der Waals surface area contributed by atoms with Gasteiger partial charge < -0.3 is 9.73 Å². The van der Waals surface area contributed by atoms with Crippen LogP contribution in [0.5, 0.6) is 0 Å². The number of hydrogen-bond donors (Lipinski definition) is 1. The zero-order valence-electron chi connectivity index (χ0n) is 18.9. The summed E-state index contributed by atoms with van der Waals surface area (Å²) >= 11 is 5.91. The Morgan fingerprint density at radius 3 is 2.48 bits per heavy atom. The Bertz CT molecular complexity index is 1110. The smallest absolute Gasteiger partial charge is 0.251 e. The highest BCUT2D eigenvalue weighted by Crippen LogP contribution is 2.32. The summed E-state index contributed by atoms with van der Waals surface area (Å²) in [6.45, 7) is 2.45. The highest BCUT2D eigenvalue weighted by Gasteiger charge is 2.26. The number of likely N-dealkylation sites (tertiary alicyclic amines) is 1. The lowest BCUT2D eigenvalue weighted by Gasteiger charge is -2.32. The Hall–Kier alpha value is -2.71. The second-order valence-corrected chi connectivity index (χ2v) is 9.48. The van der Waals surface area contributed by atoms with Crippen LogP contribution in [0, 0.1) is 4.77 Å². The number of rotatable bonds is 6. The lowest BCUT2D eigenvalue weighted by molar-refractivity contribution is 0.0895. The van der Waals surface area contributed by atoms with Crippen LogP contribution in [-0.4, -0.2) is 44.3 Å². The van der Waals surface area contributed by atoms with Crippen LogP contribution >= 0.6 is 12.2 Å². The molecule has 0 radical (unpaired) electrons. The molecule has 1 amide bonds. The zero-order valence-corrected chi connectivity index (χ0v) is 19.7. The van der Waals surface area contributed by atoms with Crippen LogP contribution in [-0.2, 0) is 6.67 Å². The largest absolute Gasteiger partial charge is 0.461 e. The van der Waals surface area contributed by atoms with Crippen molar-refractivity contribution in [3.8, 4) is 11.6 Å². The predicted octanol–water partition coefficient (Wildman–Crippen LogP) is 5.03. The van der Waals surface area contributed by atoms with E-state index in [2.05, 4.69) is 14.8 Å². The quantitative estimate of drug-likeness (QED) is 0.517. The predicted molar refractivity (Wildman–Crippen MR) is 129 cm³/mol. The molecule has 1 aliphatic heterocycles.